The molecule has 0 fully saturated rings. The summed E-state index contributed by atoms with van der Waals surface area (Å²) < 4.78 is 12.6. The molecule has 0 bridgehead atoms. The average molecular weight is 269 g/mol. The Labute approximate surface area is 83.3 Å². The van der Waals surface area contributed by atoms with Crippen LogP contribution in [0.3, 0.4) is 0 Å². The molecule has 0 aliphatic heterocycles. The Hall–Kier alpha value is 0.419. The Morgan fingerprint density at radius 2 is 1.55 bits per heavy atom. The third kappa shape index (κ3) is 25.1. The molecule has 70 valence electrons. The number of rotatable bonds is 1. The molecule has 0 amide bonds. The van der Waals surface area contributed by atoms with Crippen LogP contribution in [0.25, 0.3) is 0 Å². The quantitative estimate of drug-likeness (QED) is 0.386. The first-order chi connectivity index (χ1) is 3.42. The topological polar surface area (TPSA) is 139 Å². The van der Waals surface area contributed by atoms with E-state index >= 15 is 0 Å². The molecule has 0 heterocycles. The zero-order valence-electron chi connectivity index (χ0n) is 4.98. The number of hydrogen-bond acceptors (Lipinski definition) is 4. The van der Waals surface area contributed by atoms with Crippen LogP contribution in [0.1, 0.15) is 0 Å². The van der Waals surface area contributed by atoms with Gasteiger partial charge >= 0.3 is 14.0 Å². The van der Waals surface area contributed by atoms with Gasteiger partial charge in [-0.05, 0) is 0 Å². The second-order valence-electron chi connectivity index (χ2n) is 0.848. The van der Waals surface area contributed by atoms with E-state index in [1.165, 1.54) is 0 Å². The molecule has 0 unspecified atom stereocenters. The molecule has 11 heavy (non-hydrogen) atoms. The van der Waals surface area contributed by atoms with Gasteiger partial charge in [0.25, 0.3) is 0 Å². The van der Waals surface area contributed by atoms with Gasteiger partial charge in [0.05, 0.1) is 0 Å². The molecule has 7 nitrogen and oxygen atoms in total. The fraction of sp³-hybridized carbons (Fsp3) is 0. The largest absolute Gasteiger partial charge is 0.529 e. The summed E-state index contributed by atoms with van der Waals surface area (Å²) in [7, 11) is -4.82. The third-order valence-electron chi connectivity index (χ3n) is 0.197. The summed E-state index contributed by atoms with van der Waals surface area (Å²) in [6.07, 6.45) is -1.99. The van der Waals surface area contributed by atoms with Crippen molar-refractivity contribution in [1.82, 2.24) is 6.15 Å². The molecule has 0 aliphatic carbocycles. The van der Waals surface area contributed by atoms with Gasteiger partial charge in [0.2, 0.25) is 0 Å². The number of carboxylic acid groups (broad SMARTS) is 1. The number of carbonyl (C=O) groups is 1. The zero-order valence-corrected chi connectivity index (χ0v) is 8.23. The van der Waals surface area contributed by atoms with Crippen molar-refractivity contribution in [3.63, 3.8) is 0 Å². The third-order valence-corrected chi connectivity index (χ3v) is 0.591. The van der Waals surface area contributed by atoms with Gasteiger partial charge in [0, 0.05) is 34.1 Å². The second-order valence-corrected chi connectivity index (χ2v) is 2.01. The summed E-state index contributed by atoms with van der Waals surface area (Å²) in [6, 6.07) is 0. The summed E-state index contributed by atoms with van der Waals surface area (Å²) in [5.74, 6) is 0. The molecule has 0 saturated carbocycles. The Balaban J connectivity index is -0.0000000817. The zero-order chi connectivity index (χ0) is 6.78. The van der Waals surface area contributed by atoms with Gasteiger partial charge < -0.3 is 15.8 Å². The van der Waals surface area contributed by atoms with Crippen LogP contribution in [-0.4, -0.2) is 21.0 Å². The smallest absolute Gasteiger partial charge is 0.449 e. The number of hydrogen-bond donors (Lipinski definition) is 4. The first-order valence-corrected chi connectivity index (χ1v) is 2.93. The van der Waals surface area contributed by atoms with Gasteiger partial charge in [-0.15, -0.1) is 0 Å². The van der Waals surface area contributed by atoms with Crippen molar-refractivity contribution in [1.29, 1.82) is 0 Å². The van der Waals surface area contributed by atoms with Gasteiger partial charge in [-0.25, -0.2) is 9.36 Å². The summed E-state index contributed by atoms with van der Waals surface area (Å²) in [4.78, 5) is 24.7. The second kappa shape index (κ2) is 8.51. The molecule has 0 spiro atoms. The van der Waals surface area contributed by atoms with E-state index in [0.717, 1.165) is 0 Å². The molecule has 0 saturated heterocycles. The molecule has 2 radical (unpaired) electrons. The maximum Gasteiger partial charge on any atom is 0.529 e. The van der Waals surface area contributed by atoms with Crippen LogP contribution in [-0.2, 0) is 43.2 Å². The minimum Gasteiger partial charge on any atom is -0.449 e. The van der Waals surface area contributed by atoms with Crippen LogP contribution < -0.4 is 6.15 Å². The SMILES string of the molecule is N.O=C(O)OP(=O)(O)O.[Mn].[Mn]. The molecule has 0 rings (SSSR count). The van der Waals surface area contributed by atoms with Crippen molar-refractivity contribution in [3.8, 4) is 0 Å². The molecule has 0 aliphatic rings. The van der Waals surface area contributed by atoms with E-state index in [1.807, 2.05) is 0 Å². The van der Waals surface area contributed by atoms with Crippen LogP contribution in [0.15, 0.2) is 0 Å². The van der Waals surface area contributed by atoms with Gasteiger partial charge in [-0.2, -0.15) is 0 Å². The maximum absolute atomic E-state index is 9.53. The van der Waals surface area contributed by atoms with Gasteiger partial charge in [0.1, 0.15) is 0 Å². The Morgan fingerprint density at radius 3 is 1.55 bits per heavy atom. The van der Waals surface area contributed by atoms with Crippen molar-refractivity contribution < 1.29 is 62.9 Å². The van der Waals surface area contributed by atoms with E-state index in [1.54, 1.807) is 0 Å². The summed E-state index contributed by atoms with van der Waals surface area (Å²) in [5.41, 5.74) is 0. The molecular formula is CH6Mn2NO6P. The fourth-order valence-electron chi connectivity index (χ4n) is 0.102. The summed E-state index contributed by atoms with van der Waals surface area (Å²) in [5, 5.41) is 7.53. The van der Waals surface area contributed by atoms with E-state index in [2.05, 4.69) is 4.52 Å². The van der Waals surface area contributed by atoms with E-state index < -0.39 is 14.0 Å². The van der Waals surface area contributed by atoms with Crippen molar-refractivity contribution in [2.45, 2.75) is 0 Å². The minimum atomic E-state index is -4.82. The molecule has 0 atom stereocenters. The van der Waals surface area contributed by atoms with Gasteiger partial charge in [-0.3, -0.25) is 9.79 Å². The Kier molecular flexibility index (Phi) is 17.4. The summed E-state index contributed by atoms with van der Waals surface area (Å²) in [6.45, 7) is 0. The fourth-order valence-corrected chi connectivity index (χ4v) is 0.305. The molecule has 0 aromatic rings. The number of phosphoric ester groups is 1. The van der Waals surface area contributed by atoms with E-state index in [0.29, 0.717) is 0 Å². The van der Waals surface area contributed by atoms with Crippen LogP contribution >= 0.6 is 7.82 Å². The molecular weight excluding hydrogens is 263 g/mol. The predicted octanol–water partition coefficient (Wildman–Crippen LogP) is -0.0693. The first kappa shape index (κ1) is 22.5. The van der Waals surface area contributed by atoms with Crippen LogP contribution in [0, 0.1) is 0 Å². The molecule has 0 aromatic carbocycles. The molecule has 10 heteroatoms. The van der Waals surface area contributed by atoms with Gasteiger partial charge in [-0.1, -0.05) is 0 Å². The van der Waals surface area contributed by atoms with Crippen molar-refractivity contribution in [2.75, 3.05) is 0 Å². The molecule has 0 aromatic heterocycles. The van der Waals surface area contributed by atoms with Crippen molar-refractivity contribution in [2.24, 2.45) is 0 Å². The predicted molar refractivity (Wildman–Crippen MR) is 26.2 cm³/mol. The van der Waals surface area contributed by atoms with Crippen LogP contribution in [0.2, 0.25) is 0 Å². The average Bonchev–Trinajstić information content (AvgIpc) is 1.21. The Morgan fingerprint density at radius 1 is 1.27 bits per heavy atom. The maximum atomic E-state index is 9.53. The summed E-state index contributed by atoms with van der Waals surface area (Å²) >= 11 is 0. The Bertz CT molecular complexity index is 144. The van der Waals surface area contributed by atoms with Crippen LogP contribution in [0.5, 0.6) is 0 Å². The van der Waals surface area contributed by atoms with E-state index in [9.17, 15) is 9.36 Å². The standard InChI is InChI=1S/CH3O6P.2Mn.H3N/c2-1(3)7-8(4,5)6;;;/h(H,2,3)(H2,4,5,6);;;1H3. The minimum absolute atomic E-state index is 0. The first-order valence-electron chi connectivity index (χ1n) is 1.40. The monoisotopic (exact) mass is 269 g/mol. The normalized spacial score (nSPS) is 7.82. The van der Waals surface area contributed by atoms with E-state index in [-0.39, 0.29) is 40.3 Å². The van der Waals surface area contributed by atoms with Crippen LogP contribution in [0.4, 0.5) is 4.79 Å². The molecule has 6 N–H and O–H groups in total. The van der Waals surface area contributed by atoms with Crippen molar-refractivity contribution >= 4 is 14.0 Å². The van der Waals surface area contributed by atoms with Crippen molar-refractivity contribution in [3.05, 3.63) is 0 Å². The van der Waals surface area contributed by atoms with E-state index in [4.69, 9.17) is 14.9 Å². The number of phosphoric acid groups is 1. The van der Waals surface area contributed by atoms with Gasteiger partial charge in [0.15, 0.2) is 0 Å².